The van der Waals surface area contributed by atoms with Gasteiger partial charge in [-0.25, -0.2) is 0 Å². The molecule has 1 saturated heterocycles. The van der Waals surface area contributed by atoms with Crippen LogP contribution in [0.5, 0.6) is 11.5 Å². The molecule has 4 atom stereocenters. The van der Waals surface area contributed by atoms with Crippen molar-refractivity contribution in [2.75, 3.05) is 59.7 Å². The van der Waals surface area contributed by atoms with Crippen molar-refractivity contribution in [2.45, 2.75) is 56.5 Å². The SMILES string of the molecule is C=CCCCCC(=O)N(CCN1CCOCC1)C1C=C(C(=O)NCCO)C2c3cc(CO)cc(OC)c3OC2C1O. The lowest BCUT2D eigenvalue weighted by Crippen LogP contribution is -2.57. The Morgan fingerprint density at radius 3 is 2.71 bits per heavy atom. The summed E-state index contributed by atoms with van der Waals surface area (Å²) >= 11 is 0. The highest BCUT2D eigenvalue weighted by Crippen LogP contribution is 2.51. The molecule has 0 aromatic heterocycles. The summed E-state index contributed by atoms with van der Waals surface area (Å²) < 4.78 is 17.3. The molecule has 4 rings (SSSR count). The van der Waals surface area contributed by atoms with Crippen molar-refractivity contribution in [1.82, 2.24) is 15.1 Å². The largest absolute Gasteiger partial charge is 0.493 e. The number of unbranched alkanes of at least 4 members (excludes halogenated alkanes) is 2. The monoisotopic (exact) mass is 573 g/mol. The second kappa shape index (κ2) is 14.8. The van der Waals surface area contributed by atoms with Gasteiger partial charge in [-0.15, -0.1) is 6.58 Å². The van der Waals surface area contributed by atoms with Gasteiger partial charge in [0.1, 0.15) is 12.2 Å². The molecule has 2 amide bonds. The molecule has 226 valence electrons. The van der Waals surface area contributed by atoms with Crippen LogP contribution in [-0.2, 0) is 20.9 Å². The lowest BCUT2D eigenvalue weighted by atomic mass is 9.77. The second-order valence-electron chi connectivity index (χ2n) is 10.6. The van der Waals surface area contributed by atoms with E-state index in [0.29, 0.717) is 67.3 Å². The molecule has 2 heterocycles. The lowest BCUT2D eigenvalue weighted by molar-refractivity contribution is -0.137. The maximum Gasteiger partial charge on any atom is 0.247 e. The number of methoxy groups -OCH3 is 1. The number of hydrogen-bond donors (Lipinski definition) is 4. The first-order valence-corrected chi connectivity index (χ1v) is 14.4. The number of morpholine rings is 1. The molecule has 3 aliphatic rings. The molecule has 41 heavy (non-hydrogen) atoms. The first kappa shape index (κ1) is 31.0. The van der Waals surface area contributed by atoms with Crippen LogP contribution in [0.4, 0.5) is 0 Å². The summed E-state index contributed by atoms with van der Waals surface area (Å²) in [4.78, 5) is 31.0. The van der Waals surface area contributed by atoms with Gasteiger partial charge in [0.05, 0.1) is 45.5 Å². The molecule has 11 heteroatoms. The van der Waals surface area contributed by atoms with Gasteiger partial charge in [-0.3, -0.25) is 14.5 Å². The molecule has 1 aromatic carbocycles. The van der Waals surface area contributed by atoms with E-state index < -0.39 is 30.1 Å². The maximum absolute atomic E-state index is 13.7. The Labute approximate surface area is 241 Å². The normalized spacial score (nSPS) is 23.6. The summed E-state index contributed by atoms with van der Waals surface area (Å²) in [5.41, 5.74) is 1.54. The number of carbonyl (C=O) groups excluding carboxylic acids is 2. The summed E-state index contributed by atoms with van der Waals surface area (Å²) in [5.74, 6) is -0.383. The smallest absolute Gasteiger partial charge is 0.247 e. The highest BCUT2D eigenvalue weighted by molar-refractivity contribution is 5.96. The first-order chi connectivity index (χ1) is 19.9. The molecule has 11 nitrogen and oxygen atoms in total. The van der Waals surface area contributed by atoms with Gasteiger partial charge in [-0.2, -0.15) is 0 Å². The first-order valence-electron chi connectivity index (χ1n) is 14.4. The van der Waals surface area contributed by atoms with Crippen LogP contribution in [0.25, 0.3) is 0 Å². The molecule has 4 unspecified atom stereocenters. The van der Waals surface area contributed by atoms with Crippen LogP contribution in [0.2, 0.25) is 0 Å². The predicted octanol–water partition coefficient (Wildman–Crippen LogP) is 0.717. The van der Waals surface area contributed by atoms with E-state index in [1.807, 2.05) is 6.08 Å². The molecule has 4 N–H and O–H groups in total. The number of nitrogens with zero attached hydrogens (tertiary/aromatic N) is 2. The number of benzene rings is 1. The molecule has 1 fully saturated rings. The van der Waals surface area contributed by atoms with E-state index in [9.17, 15) is 24.9 Å². The quantitative estimate of drug-likeness (QED) is 0.187. The van der Waals surface area contributed by atoms with Crippen LogP contribution >= 0.6 is 0 Å². The third-order valence-electron chi connectivity index (χ3n) is 7.98. The zero-order valence-electron chi connectivity index (χ0n) is 23.8. The Balaban J connectivity index is 1.70. The number of amides is 2. The lowest BCUT2D eigenvalue weighted by Gasteiger charge is -2.41. The molecule has 0 saturated carbocycles. The van der Waals surface area contributed by atoms with Crippen LogP contribution in [0.1, 0.15) is 42.7 Å². The van der Waals surface area contributed by atoms with Crippen molar-refractivity contribution in [3.63, 3.8) is 0 Å². The van der Waals surface area contributed by atoms with Crippen LogP contribution < -0.4 is 14.8 Å². The van der Waals surface area contributed by atoms with Crippen molar-refractivity contribution in [3.05, 3.63) is 47.6 Å². The minimum Gasteiger partial charge on any atom is -0.493 e. The van der Waals surface area contributed by atoms with Gasteiger partial charge in [0.25, 0.3) is 0 Å². The molecule has 2 aliphatic heterocycles. The van der Waals surface area contributed by atoms with Crippen LogP contribution in [0.3, 0.4) is 0 Å². The molecular weight excluding hydrogens is 530 g/mol. The van der Waals surface area contributed by atoms with Crippen molar-refractivity contribution in [1.29, 1.82) is 0 Å². The summed E-state index contributed by atoms with van der Waals surface area (Å²) in [6, 6.07) is 2.61. The zero-order chi connectivity index (χ0) is 29.4. The number of hydrogen-bond acceptors (Lipinski definition) is 9. The predicted molar refractivity (Wildman–Crippen MR) is 152 cm³/mol. The minimum atomic E-state index is -1.13. The second-order valence-corrected chi connectivity index (χ2v) is 10.6. The molecule has 0 spiro atoms. The fraction of sp³-hybridized carbons (Fsp3) is 0.600. The average Bonchev–Trinajstić information content (AvgIpc) is 3.39. The number of fused-ring (bicyclic) bond motifs is 3. The molecule has 1 aromatic rings. The molecule has 0 bridgehead atoms. The number of aliphatic hydroxyl groups is 3. The molecule has 0 radical (unpaired) electrons. The van der Waals surface area contributed by atoms with Crippen LogP contribution in [0.15, 0.2) is 36.4 Å². The average molecular weight is 574 g/mol. The standard InChI is InChI=1S/C30H43N3O8/c1-3-4-5-6-7-25(36)33(10-9-32-11-14-40-15-12-32)23-18-22(30(38)31-8-13-34)26-21-16-20(19-35)17-24(39-2)28(21)41-29(26)27(23)37/h3,16-18,23,26-27,29,34-35,37H,1,4-15,19H2,2H3,(H,31,38). The number of rotatable bonds is 14. The fourth-order valence-corrected chi connectivity index (χ4v) is 5.84. The van der Waals surface area contributed by atoms with E-state index in [0.717, 1.165) is 25.9 Å². The van der Waals surface area contributed by atoms with Crippen LogP contribution in [-0.4, -0.2) is 115 Å². The van der Waals surface area contributed by atoms with Gasteiger partial charge in [-0.05, 0) is 43.0 Å². The number of aliphatic hydroxyl groups excluding tert-OH is 3. The van der Waals surface area contributed by atoms with E-state index in [1.54, 1.807) is 23.1 Å². The number of allylic oxidation sites excluding steroid dienone is 1. The van der Waals surface area contributed by atoms with E-state index >= 15 is 0 Å². The summed E-state index contributed by atoms with van der Waals surface area (Å²) in [5, 5.41) is 33.7. The number of nitrogens with one attached hydrogen (secondary N) is 1. The topological polar surface area (TPSA) is 141 Å². The van der Waals surface area contributed by atoms with Gasteiger partial charge in [-0.1, -0.05) is 6.08 Å². The van der Waals surface area contributed by atoms with Crippen molar-refractivity contribution in [3.8, 4) is 11.5 Å². The summed E-state index contributed by atoms with van der Waals surface area (Å²) in [7, 11) is 1.49. The fourth-order valence-electron chi connectivity index (χ4n) is 5.84. The Bertz CT molecular complexity index is 1100. The van der Waals surface area contributed by atoms with Crippen molar-refractivity contribution < 1.29 is 39.1 Å². The van der Waals surface area contributed by atoms with Crippen LogP contribution in [0, 0.1) is 0 Å². The summed E-state index contributed by atoms with van der Waals surface area (Å²) in [6.45, 7) is 7.08. The Morgan fingerprint density at radius 2 is 2.02 bits per heavy atom. The van der Waals surface area contributed by atoms with E-state index in [2.05, 4.69) is 16.8 Å². The number of carbonyl (C=O) groups is 2. The zero-order valence-corrected chi connectivity index (χ0v) is 23.8. The van der Waals surface area contributed by atoms with E-state index in [-0.39, 0.29) is 25.7 Å². The third-order valence-corrected chi connectivity index (χ3v) is 7.98. The highest BCUT2D eigenvalue weighted by atomic mass is 16.5. The van der Waals surface area contributed by atoms with Gasteiger partial charge in [0.2, 0.25) is 11.8 Å². The Hall–Kier alpha value is -2.96. The van der Waals surface area contributed by atoms with Gasteiger partial charge in [0, 0.05) is 50.3 Å². The van der Waals surface area contributed by atoms with Gasteiger partial charge in [0.15, 0.2) is 11.5 Å². The van der Waals surface area contributed by atoms with Crippen molar-refractivity contribution >= 4 is 11.8 Å². The maximum atomic E-state index is 13.7. The van der Waals surface area contributed by atoms with Gasteiger partial charge < -0.3 is 39.7 Å². The Kier molecular flexibility index (Phi) is 11.2. The number of ether oxygens (including phenoxy) is 3. The van der Waals surface area contributed by atoms with E-state index in [1.165, 1.54) is 7.11 Å². The molecule has 1 aliphatic carbocycles. The Morgan fingerprint density at radius 1 is 1.24 bits per heavy atom. The molecular formula is C30H43N3O8. The minimum absolute atomic E-state index is 0.0531. The van der Waals surface area contributed by atoms with E-state index in [4.69, 9.17) is 14.2 Å². The highest BCUT2D eigenvalue weighted by Gasteiger charge is 2.51. The third kappa shape index (κ3) is 7.10. The van der Waals surface area contributed by atoms with Gasteiger partial charge >= 0.3 is 0 Å². The van der Waals surface area contributed by atoms with Crippen molar-refractivity contribution in [2.24, 2.45) is 0 Å². The summed E-state index contributed by atoms with van der Waals surface area (Å²) in [6.07, 6.45) is 4.15.